The van der Waals surface area contributed by atoms with Gasteiger partial charge in [0.25, 0.3) is 0 Å². The van der Waals surface area contributed by atoms with Crippen LogP contribution >= 0.6 is 0 Å². The third-order valence-electron chi connectivity index (χ3n) is 9.38. The third kappa shape index (κ3) is 7.39. The molecule has 0 saturated carbocycles. The van der Waals surface area contributed by atoms with Crippen LogP contribution in [0, 0.1) is 0 Å². The van der Waals surface area contributed by atoms with E-state index in [0.717, 1.165) is 24.3 Å². The second-order valence-electron chi connectivity index (χ2n) is 13.1. The topological polar surface area (TPSA) is 349 Å². The molecule has 21 nitrogen and oxygen atoms in total. The van der Waals surface area contributed by atoms with Crippen molar-refractivity contribution in [1.29, 1.82) is 0 Å². The first-order chi connectivity index (χ1) is 25.5. The van der Waals surface area contributed by atoms with Gasteiger partial charge in [-0.2, -0.15) is 0 Å². The average molecular weight is 773 g/mol. The van der Waals surface area contributed by atoms with Crippen LogP contribution in [0.2, 0.25) is 0 Å². The van der Waals surface area contributed by atoms with E-state index in [9.17, 15) is 71.2 Å². The van der Waals surface area contributed by atoms with Crippen LogP contribution in [0.25, 0.3) is 22.3 Å². The van der Waals surface area contributed by atoms with E-state index in [-0.39, 0.29) is 11.3 Å². The Balaban J connectivity index is 1.34. The first kappa shape index (κ1) is 39.8. The van der Waals surface area contributed by atoms with Crippen molar-refractivity contribution in [2.75, 3.05) is 13.2 Å². The number of benzene rings is 2. The summed E-state index contributed by atoms with van der Waals surface area (Å²) in [6, 6.07) is 5.15. The smallest absolute Gasteiger partial charge is 0.239 e. The van der Waals surface area contributed by atoms with Gasteiger partial charge in [-0.15, -0.1) is 0 Å². The van der Waals surface area contributed by atoms with Crippen LogP contribution in [-0.4, -0.2) is 172 Å². The highest BCUT2D eigenvalue weighted by atomic mass is 16.7. The fourth-order valence-corrected chi connectivity index (χ4v) is 6.19. The Morgan fingerprint density at radius 2 is 1.22 bits per heavy atom. The molecule has 6 rings (SSSR count). The third-order valence-corrected chi connectivity index (χ3v) is 9.38. The van der Waals surface area contributed by atoms with Crippen LogP contribution < -0.4 is 14.9 Å². The molecule has 298 valence electrons. The molecule has 0 spiro atoms. The molecule has 0 amide bonds. The lowest BCUT2D eigenvalue weighted by atomic mass is 9.98. The molecule has 13 N–H and O–H groups in total. The summed E-state index contributed by atoms with van der Waals surface area (Å²) in [5, 5.41) is 133. The summed E-state index contributed by atoms with van der Waals surface area (Å²) in [6.45, 7) is -0.0204. The van der Waals surface area contributed by atoms with Gasteiger partial charge in [0, 0.05) is 17.7 Å². The van der Waals surface area contributed by atoms with Crippen LogP contribution in [0.5, 0.6) is 28.7 Å². The van der Waals surface area contributed by atoms with Gasteiger partial charge in [0.2, 0.25) is 23.8 Å². The van der Waals surface area contributed by atoms with E-state index in [4.69, 9.17) is 32.8 Å². The molecule has 21 heteroatoms. The number of fused-ring (bicyclic) bond motifs is 1. The summed E-state index contributed by atoms with van der Waals surface area (Å²) in [5.74, 6) is -3.63. The number of phenols is 3. The van der Waals surface area contributed by atoms with Gasteiger partial charge < -0.3 is 99.2 Å². The fourth-order valence-electron chi connectivity index (χ4n) is 6.19. The molecule has 1 aromatic heterocycles. The lowest BCUT2D eigenvalue weighted by Crippen LogP contribution is -2.61. The SMILES string of the molecule is CC1OC(OCC2OC(Oc3c(-c4ccc(O)c(O)c4)oc4cc(OC5OC(CO)C(O)C(O)C5O)cc(O)c4c3=O)C(O)C(O)C2O)C(O)C(O)C1O. The Labute approximate surface area is 303 Å². The van der Waals surface area contributed by atoms with Crippen molar-refractivity contribution < 1.29 is 99.2 Å². The Hall–Kier alpha value is -3.91. The first-order valence-corrected chi connectivity index (χ1v) is 16.5. The number of aliphatic hydroxyl groups is 10. The predicted octanol–water partition coefficient (Wildman–Crippen LogP) is -4.21. The van der Waals surface area contributed by atoms with Crippen LogP contribution in [0.15, 0.2) is 39.5 Å². The molecule has 15 atom stereocenters. The minimum atomic E-state index is -2.05. The standard InChI is InChI=1S/C33H40O21/c1-9-19(38)23(42)26(45)31(49-9)48-8-17-21(40)25(44)28(47)33(53-17)54-30-22(41)18-14(37)5-11(50-32-27(46)24(43)20(39)16(7-34)52-32)6-15(18)51-29(30)10-2-3-12(35)13(36)4-10/h2-6,9,16-17,19-21,23-28,31-40,42-47H,7-8H2,1H3. The maximum absolute atomic E-state index is 14.1. The van der Waals surface area contributed by atoms with Gasteiger partial charge >= 0.3 is 0 Å². The minimum Gasteiger partial charge on any atom is -0.507 e. The monoisotopic (exact) mass is 772 g/mol. The molecule has 0 aliphatic carbocycles. The van der Waals surface area contributed by atoms with Crippen molar-refractivity contribution in [3.8, 4) is 40.1 Å². The van der Waals surface area contributed by atoms with Gasteiger partial charge in [0.15, 0.2) is 23.5 Å². The summed E-state index contributed by atoms with van der Waals surface area (Å²) < 4.78 is 39.1. The fraction of sp³-hybridized carbons (Fsp3) is 0.545. The predicted molar refractivity (Wildman–Crippen MR) is 173 cm³/mol. The van der Waals surface area contributed by atoms with Gasteiger partial charge in [-0.05, 0) is 25.1 Å². The number of hydrogen-bond donors (Lipinski definition) is 13. The number of ether oxygens (including phenoxy) is 6. The van der Waals surface area contributed by atoms with Crippen molar-refractivity contribution in [3.63, 3.8) is 0 Å². The second-order valence-corrected chi connectivity index (χ2v) is 13.1. The summed E-state index contributed by atoms with van der Waals surface area (Å²) in [5.41, 5.74) is -1.66. The van der Waals surface area contributed by atoms with Crippen LogP contribution in [0.4, 0.5) is 0 Å². The molecule has 3 aromatic rings. The molecule has 3 fully saturated rings. The number of phenolic OH excluding ortho intramolecular Hbond substituents is 3. The van der Waals surface area contributed by atoms with Crippen molar-refractivity contribution in [3.05, 3.63) is 40.6 Å². The zero-order valence-corrected chi connectivity index (χ0v) is 28.0. The van der Waals surface area contributed by atoms with Crippen LogP contribution in [0.1, 0.15) is 6.92 Å². The van der Waals surface area contributed by atoms with Crippen molar-refractivity contribution in [2.24, 2.45) is 0 Å². The zero-order valence-electron chi connectivity index (χ0n) is 28.0. The lowest BCUT2D eigenvalue weighted by Gasteiger charge is -2.42. The van der Waals surface area contributed by atoms with Gasteiger partial charge in [0.05, 0.1) is 19.3 Å². The number of hydrogen-bond acceptors (Lipinski definition) is 21. The van der Waals surface area contributed by atoms with E-state index >= 15 is 0 Å². The molecule has 3 aliphatic heterocycles. The van der Waals surface area contributed by atoms with Crippen LogP contribution in [-0.2, 0) is 18.9 Å². The number of aromatic hydroxyl groups is 3. The Bertz CT molecular complexity index is 1850. The molecular formula is C33H40O21. The number of rotatable bonds is 9. The van der Waals surface area contributed by atoms with Gasteiger partial charge in [-0.1, -0.05) is 0 Å². The molecule has 4 heterocycles. The second kappa shape index (κ2) is 15.7. The maximum atomic E-state index is 14.1. The molecule has 3 saturated heterocycles. The van der Waals surface area contributed by atoms with E-state index in [1.807, 2.05) is 0 Å². The minimum absolute atomic E-state index is 0.122. The summed E-state index contributed by atoms with van der Waals surface area (Å²) in [7, 11) is 0. The van der Waals surface area contributed by atoms with E-state index < -0.39 is 150 Å². The molecule has 3 aliphatic rings. The summed E-state index contributed by atoms with van der Waals surface area (Å²) in [6.07, 6.45) is -25.1. The normalized spacial score (nSPS) is 37.3. The van der Waals surface area contributed by atoms with Gasteiger partial charge in [0.1, 0.15) is 89.6 Å². The van der Waals surface area contributed by atoms with E-state index in [1.165, 1.54) is 13.0 Å². The molecule has 0 bridgehead atoms. The first-order valence-electron chi connectivity index (χ1n) is 16.5. The largest absolute Gasteiger partial charge is 0.507 e. The molecule has 54 heavy (non-hydrogen) atoms. The quantitative estimate of drug-likeness (QED) is 0.0917. The lowest BCUT2D eigenvalue weighted by molar-refractivity contribution is -0.318. The van der Waals surface area contributed by atoms with E-state index in [0.29, 0.717) is 0 Å². The van der Waals surface area contributed by atoms with E-state index in [2.05, 4.69) is 0 Å². The Kier molecular flexibility index (Phi) is 11.5. The Morgan fingerprint density at radius 3 is 1.87 bits per heavy atom. The molecule has 2 aromatic carbocycles. The molecule has 0 radical (unpaired) electrons. The highest BCUT2D eigenvalue weighted by Gasteiger charge is 2.48. The number of aliphatic hydroxyl groups excluding tert-OH is 10. The maximum Gasteiger partial charge on any atom is 0.239 e. The van der Waals surface area contributed by atoms with E-state index in [1.54, 1.807) is 0 Å². The Morgan fingerprint density at radius 1 is 0.630 bits per heavy atom. The van der Waals surface area contributed by atoms with Crippen molar-refractivity contribution >= 4 is 11.0 Å². The zero-order chi connectivity index (χ0) is 39.3. The summed E-state index contributed by atoms with van der Waals surface area (Å²) >= 11 is 0. The van der Waals surface area contributed by atoms with Crippen molar-refractivity contribution in [2.45, 2.75) is 99.0 Å². The van der Waals surface area contributed by atoms with Crippen molar-refractivity contribution in [1.82, 2.24) is 0 Å². The van der Waals surface area contributed by atoms with Gasteiger partial charge in [-0.3, -0.25) is 4.79 Å². The highest BCUT2D eigenvalue weighted by Crippen LogP contribution is 2.40. The molecular weight excluding hydrogens is 732 g/mol. The summed E-state index contributed by atoms with van der Waals surface area (Å²) in [4.78, 5) is 14.1. The average Bonchev–Trinajstić information content (AvgIpc) is 3.14. The highest BCUT2D eigenvalue weighted by molar-refractivity contribution is 5.88. The van der Waals surface area contributed by atoms with Crippen LogP contribution in [0.3, 0.4) is 0 Å². The molecule has 15 unspecified atom stereocenters. The van der Waals surface area contributed by atoms with Gasteiger partial charge in [-0.25, -0.2) is 0 Å².